The van der Waals surface area contributed by atoms with Crippen LogP contribution in [0.2, 0.25) is 0 Å². The monoisotopic (exact) mass is 454 g/mol. The van der Waals surface area contributed by atoms with Crippen molar-refractivity contribution < 1.29 is 57.7 Å². The van der Waals surface area contributed by atoms with Crippen LogP contribution in [0.25, 0.3) is 0 Å². The van der Waals surface area contributed by atoms with E-state index in [1.807, 2.05) is 0 Å². The summed E-state index contributed by atoms with van der Waals surface area (Å²) in [6, 6.07) is 18.0. The van der Waals surface area contributed by atoms with Crippen LogP contribution < -0.4 is 37.2 Å². The summed E-state index contributed by atoms with van der Waals surface area (Å²) in [4.78, 5) is 0. The summed E-state index contributed by atoms with van der Waals surface area (Å²) in [5.74, 6) is 0.923. The zero-order valence-corrected chi connectivity index (χ0v) is 20.0. The first-order valence-electron chi connectivity index (χ1n) is 8.75. The van der Waals surface area contributed by atoms with Crippen molar-refractivity contribution in [2.45, 2.75) is 40.0 Å². The number of hydrogen-bond donors (Lipinski definition) is 0. The molecule has 0 N–H and O–H groups in total. The Hall–Kier alpha value is -0.496. The molecule has 0 saturated carbocycles. The van der Waals surface area contributed by atoms with Crippen LogP contribution in [0.4, 0.5) is 0 Å². The molecule has 2 aromatic rings. The number of allylic oxidation sites excluding steroid dienone is 4. The van der Waals surface area contributed by atoms with E-state index in [2.05, 4.69) is 103 Å². The van der Waals surface area contributed by atoms with Gasteiger partial charge in [0, 0.05) is 0 Å². The molecule has 3 rings (SSSR count). The van der Waals surface area contributed by atoms with Gasteiger partial charge in [-0.2, -0.15) is 0 Å². The van der Waals surface area contributed by atoms with Gasteiger partial charge in [0.15, 0.2) is 0 Å². The van der Waals surface area contributed by atoms with E-state index in [1.54, 1.807) is 11.1 Å². The van der Waals surface area contributed by atoms with Gasteiger partial charge in [-0.3, -0.25) is 0 Å². The number of hydrogen-bond acceptors (Lipinski definition) is 0. The first kappa shape index (κ1) is 26.5. The third kappa shape index (κ3) is 5.99. The molecule has 0 fully saturated rings. The smallest absolute Gasteiger partial charge is 1.00 e. The second kappa shape index (κ2) is 11.5. The van der Waals surface area contributed by atoms with E-state index in [0.717, 1.165) is 6.42 Å². The van der Waals surface area contributed by atoms with E-state index >= 15 is 0 Å². The van der Waals surface area contributed by atoms with Gasteiger partial charge >= 0.3 is 158 Å². The van der Waals surface area contributed by atoms with Crippen molar-refractivity contribution in [1.29, 1.82) is 0 Å². The predicted molar refractivity (Wildman–Crippen MR) is 98.8 cm³/mol. The fraction of sp³-hybridized carbons (Fsp3) is 0.304. The SMILES string of the molecule is Cc1cccc(C(C2=C(C(C)C)[C]([Ti+3])=CC2)c2cccc(C)c2)c1.[Cl-].[Cl-].[Cl-]. The molecule has 0 heterocycles. The Labute approximate surface area is 194 Å². The minimum atomic E-state index is 0. The van der Waals surface area contributed by atoms with E-state index < -0.39 is 0 Å². The van der Waals surface area contributed by atoms with Gasteiger partial charge in [0.25, 0.3) is 0 Å². The van der Waals surface area contributed by atoms with Crippen LogP contribution >= 0.6 is 0 Å². The number of rotatable bonds is 4. The summed E-state index contributed by atoms with van der Waals surface area (Å²) >= 11 is 2.27. The van der Waals surface area contributed by atoms with Gasteiger partial charge in [-0.15, -0.1) is 0 Å². The first-order chi connectivity index (χ1) is 11.5. The molecule has 0 bridgehead atoms. The molecule has 2 aromatic carbocycles. The Morgan fingerprint density at radius 3 is 1.70 bits per heavy atom. The summed E-state index contributed by atoms with van der Waals surface area (Å²) in [7, 11) is 0. The molecule has 0 radical (unpaired) electrons. The molecular weight excluding hydrogens is 430 g/mol. The molecule has 0 saturated heterocycles. The summed E-state index contributed by atoms with van der Waals surface area (Å²) in [6.07, 6.45) is 3.48. The maximum absolute atomic E-state index is 2.41. The van der Waals surface area contributed by atoms with Crippen molar-refractivity contribution >= 4 is 0 Å². The number of benzene rings is 2. The molecule has 0 nitrogen and oxygen atoms in total. The molecule has 27 heavy (non-hydrogen) atoms. The quantitative estimate of drug-likeness (QED) is 0.438. The van der Waals surface area contributed by atoms with Gasteiger partial charge in [-0.1, -0.05) is 0 Å². The van der Waals surface area contributed by atoms with Crippen molar-refractivity contribution in [2.75, 3.05) is 0 Å². The average Bonchev–Trinajstić information content (AvgIpc) is 2.89. The van der Waals surface area contributed by atoms with Crippen LogP contribution in [0, 0.1) is 19.8 Å². The van der Waals surface area contributed by atoms with Gasteiger partial charge in [0.05, 0.1) is 0 Å². The molecule has 0 aliphatic heterocycles. The van der Waals surface area contributed by atoms with E-state index in [9.17, 15) is 0 Å². The Morgan fingerprint density at radius 1 is 0.815 bits per heavy atom. The topological polar surface area (TPSA) is 0 Å². The third-order valence-corrected chi connectivity index (χ3v) is 5.58. The standard InChI is InChI=1S/C23H25.3ClH.Ti/c1-16(2)21-12-7-13-22(21)23(19-10-5-8-17(3)14-19)20-11-6-9-18(4)15-20;;;;/h5-11,14-16,23H,13H2,1-4H3;3*1H;/q;;;;+3/p-3. The molecular formula is C23H25Cl3Ti. The van der Waals surface area contributed by atoms with Crippen molar-refractivity contribution in [3.63, 3.8) is 0 Å². The maximum Gasteiger partial charge on any atom is -1.00 e. The Balaban J connectivity index is 0.00000225. The van der Waals surface area contributed by atoms with Crippen LogP contribution in [0.15, 0.2) is 69.6 Å². The van der Waals surface area contributed by atoms with Gasteiger partial charge in [0.2, 0.25) is 0 Å². The normalized spacial score (nSPS) is 13.1. The van der Waals surface area contributed by atoms with Crippen LogP contribution in [-0.2, 0) is 20.4 Å². The average molecular weight is 456 g/mol. The molecule has 0 amide bonds. The van der Waals surface area contributed by atoms with Crippen LogP contribution in [0.1, 0.15) is 48.4 Å². The maximum atomic E-state index is 2.41. The fourth-order valence-electron chi connectivity index (χ4n) is 3.85. The Morgan fingerprint density at radius 2 is 1.30 bits per heavy atom. The van der Waals surface area contributed by atoms with Crippen LogP contribution in [0.3, 0.4) is 0 Å². The zero-order chi connectivity index (χ0) is 17.3. The molecule has 0 spiro atoms. The Bertz CT molecular complexity index is 776. The largest absolute Gasteiger partial charge is 1.00 e. The van der Waals surface area contributed by atoms with Gasteiger partial charge in [-0.25, -0.2) is 0 Å². The van der Waals surface area contributed by atoms with Crippen molar-refractivity contribution in [1.82, 2.24) is 0 Å². The number of aryl methyl sites for hydroxylation is 2. The van der Waals surface area contributed by atoms with Gasteiger partial charge in [0.1, 0.15) is 0 Å². The first-order valence-corrected chi connectivity index (χ1v) is 9.53. The van der Waals surface area contributed by atoms with Crippen molar-refractivity contribution in [2.24, 2.45) is 5.92 Å². The molecule has 1 aliphatic carbocycles. The van der Waals surface area contributed by atoms with E-state index in [-0.39, 0.29) is 37.2 Å². The van der Waals surface area contributed by atoms with E-state index in [1.165, 1.54) is 26.1 Å². The van der Waals surface area contributed by atoms with Gasteiger partial charge < -0.3 is 37.2 Å². The van der Waals surface area contributed by atoms with E-state index in [4.69, 9.17) is 0 Å². The van der Waals surface area contributed by atoms with Crippen molar-refractivity contribution in [3.8, 4) is 0 Å². The molecule has 142 valence electrons. The molecule has 1 aliphatic rings. The second-order valence-corrected chi connectivity index (χ2v) is 8.02. The predicted octanol–water partition coefficient (Wildman–Crippen LogP) is -2.77. The van der Waals surface area contributed by atoms with Crippen LogP contribution in [-0.4, -0.2) is 0 Å². The minimum absolute atomic E-state index is 0. The van der Waals surface area contributed by atoms with Crippen LogP contribution in [0.5, 0.6) is 0 Å². The van der Waals surface area contributed by atoms with E-state index in [0.29, 0.717) is 11.8 Å². The molecule has 0 unspecified atom stereocenters. The summed E-state index contributed by atoms with van der Waals surface area (Å²) in [6.45, 7) is 9.02. The third-order valence-electron chi connectivity index (χ3n) is 4.84. The zero-order valence-electron chi connectivity index (χ0n) is 16.2. The van der Waals surface area contributed by atoms with Gasteiger partial charge in [-0.05, 0) is 0 Å². The summed E-state index contributed by atoms with van der Waals surface area (Å²) in [5, 5.41) is 0. The molecule has 4 heteroatoms. The van der Waals surface area contributed by atoms with Crippen molar-refractivity contribution in [3.05, 3.63) is 91.9 Å². The minimum Gasteiger partial charge on any atom is -1.00 e. The fourth-order valence-corrected chi connectivity index (χ4v) is 4.72. The summed E-state index contributed by atoms with van der Waals surface area (Å²) in [5.41, 5.74) is 8.63. The second-order valence-electron chi connectivity index (χ2n) is 7.18. The number of halogens is 3. The molecule has 0 atom stereocenters. The Kier molecular flexibility index (Phi) is 11.3. The molecule has 0 aromatic heterocycles. The summed E-state index contributed by atoms with van der Waals surface area (Å²) < 4.78 is 1.46.